The van der Waals surface area contributed by atoms with Crippen molar-refractivity contribution >= 4 is 39.0 Å². The Morgan fingerprint density at radius 3 is 1.32 bits per heavy atom. The third-order valence-electron chi connectivity index (χ3n) is 9.46. The second-order valence-corrected chi connectivity index (χ2v) is 12.5. The van der Waals surface area contributed by atoms with Gasteiger partial charge in [0.2, 0.25) is 0 Å². The lowest BCUT2D eigenvalue weighted by Gasteiger charge is -2.31. The largest absolute Gasteiger partial charge is 0.456 e. The summed E-state index contributed by atoms with van der Waals surface area (Å²) in [5, 5.41) is 2.23. The molecule has 0 atom stereocenters. The summed E-state index contributed by atoms with van der Waals surface area (Å²) in [5.74, 6) is 0. The van der Waals surface area contributed by atoms with Crippen LogP contribution in [0.25, 0.3) is 66.4 Å². The minimum absolute atomic E-state index is 0.859. The molecular formula is C48H33NO. The minimum Gasteiger partial charge on any atom is -0.456 e. The van der Waals surface area contributed by atoms with Crippen LogP contribution in [-0.4, -0.2) is 0 Å². The maximum absolute atomic E-state index is 6.47. The average Bonchev–Trinajstić information content (AvgIpc) is 3.57. The lowest BCUT2D eigenvalue weighted by molar-refractivity contribution is 0.669. The summed E-state index contributed by atoms with van der Waals surface area (Å²) in [6, 6.07) is 71.2. The Morgan fingerprint density at radius 2 is 0.740 bits per heavy atom. The van der Waals surface area contributed by atoms with Crippen LogP contribution in [0.2, 0.25) is 0 Å². The van der Waals surface area contributed by atoms with Crippen LogP contribution in [0.4, 0.5) is 17.1 Å². The van der Waals surface area contributed by atoms with E-state index in [0.717, 1.165) is 61.3 Å². The standard InChI is InChI=1S/C48H33NO/c1-5-15-34(16-6-1)36-25-27-40(28-26-36)49(41-29-30-43-42-23-13-14-24-46(42)50-47(43)33-41)48-44(37-19-9-3-10-20-37)31-39(35-17-7-2-8-18-35)32-45(48)38-21-11-4-12-22-38/h1-33H. The van der Waals surface area contributed by atoms with Crippen LogP contribution in [0.1, 0.15) is 0 Å². The SMILES string of the molecule is c1ccc(-c2ccc(N(c3ccc4c(c3)oc3ccccc34)c3c(-c4ccccc4)cc(-c4ccccc4)cc3-c3ccccc3)cc2)cc1. The van der Waals surface area contributed by atoms with E-state index in [4.69, 9.17) is 4.42 Å². The van der Waals surface area contributed by atoms with E-state index < -0.39 is 0 Å². The van der Waals surface area contributed by atoms with Gasteiger partial charge in [0.25, 0.3) is 0 Å². The number of rotatable bonds is 7. The Bertz CT molecular complexity index is 2490. The molecule has 2 nitrogen and oxygen atoms in total. The molecule has 0 radical (unpaired) electrons. The summed E-state index contributed by atoms with van der Waals surface area (Å²) in [5.41, 5.74) is 14.2. The zero-order valence-electron chi connectivity index (χ0n) is 27.4. The first-order chi connectivity index (χ1) is 24.8. The van der Waals surface area contributed by atoms with Gasteiger partial charge in [0.1, 0.15) is 11.2 Å². The first kappa shape index (κ1) is 29.5. The highest BCUT2D eigenvalue weighted by Gasteiger charge is 2.24. The Balaban J connectivity index is 1.35. The highest BCUT2D eigenvalue weighted by molar-refractivity contribution is 6.07. The number of nitrogens with zero attached hydrogens (tertiary/aromatic N) is 1. The first-order valence-electron chi connectivity index (χ1n) is 17.0. The molecule has 0 spiro atoms. The highest BCUT2D eigenvalue weighted by Crippen LogP contribution is 2.49. The van der Waals surface area contributed by atoms with Crippen molar-refractivity contribution in [3.05, 3.63) is 200 Å². The van der Waals surface area contributed by atoms with E-state index in [1.165, 1.54) is 22.3 Å². The van der Waals surface area contributed by atoms with Gasteiger partial charge in [-0.2, -0.15) is 0 Å². The normalized spacial score (nSPS) is 11.2. The van der Waals surface area contributed by atoms with Crippen molar-refractivity contribution in [3.8, 4) is 44.5 Å². The molecule has 0 saturated heterocycles. The molecule has 9 aromatic rings. The second kappa shape index (κ2) is 12.8. The maximum atomic E-state index is 6.47. The molecule has 2 heteroatoms. The summed E-state index contributed by atoms with van der Waals surface area (Å²) in [4.78, 5) is 2.40. The van der Waals surface area contributed by atoms with Gasteiger partial charge in [0.05, 0.1) is 5.69 Å². The number of anilines is 3. The van der Waals surface area contributed by atoms with Crippen molar-refractivity contribution in [1.82, 2.24) is 0 Å². The quantitative estimate of drug-likeness (QED) is 0.173. The fourth-order valence-electron chi connectivity index (χ4n) is 7.04. The third kappa shape index (κ3) is 5.43. The fraction of sp³-hybridized carbons (Fsp3) is 0. The Kier molecular flexibility index (Phi) is 7.53. The second-order valence-electron chi connectivity index (χ2n) is 12.5. The Morgan fingerprint density at radius 1 is 0.300 bits per heavy atom. The summed E-state index contributed by atoms with van der Waals surface area (Å²) in [6.45, 7) is 0. The van der Waals surface area contributed by atoms with Crippen molar-refractivity contribution in [3.63, 3.8) is 0 Å². The summed E-state index contributed by atoms with van der Waals surface area (Å²) in [6.07, 6.45) is 0. The van der Waals surface area contributed by atoms with Gasteiger partial charge in [-0.05, 0) is 75.8 Å². The summed E-state index contributed by atoms with van der Waals surface area (Å²) >= 11 is 0. The van der Waals surface area contributed by atoms with Gasteiger partial charge in [0.15, 0.2) is 0 Å². The van der Waals surface area contributed by atoms with Crippen molar-refractivity contribution in [2.45, 2.75) is 0 Å². The van der Waals surface area contributed by atoms with Crippen LogP contribution in [0.15, 0.2) is 205 Å². The van der Waals surface area contributed by atoms with E-state index in [1.54, 1.807) is 0 Å². The molecule has 0 bridgehead atoms. The van der Waals surface area contributed by atoms with Crippen molar-refractivity contribution < 1.29 is 4.42 Å². The predicted octanol–water partition coefficient (Wildman–Crippen LogP) is 13.7. The number of benzene rings is 8. The predicted molar refractivity (Wildman–Crippen MR) is 210 cm³/mol. The number of fused-ring (bicyclic) bond motifs is 3. The van der Waals surface area contributed by atoms with Crippen molar-refractivity contribution in [2.24, 2.45) is 0 Å². The van der Waals surface area contributed by atoms with Crippen molar-refractivity contribution in [2.75, 3.05) is 4.90 Å². The van der Waals surface area contributed by atoms with Crippen LogP contribution in [0, 0.1) is 0 Å². The van der Waals surface area contributed by atoms with E-state index in [1.807, 2.05) is 12.1 Å². The van der Waals surface area contributed by atoms with Gasteiger partial charge in [-0.25, -0.2) is 0 Å². The fourth-order valence-corrected chi connectivity index (χ4v) is 7.04. The number of para-hydroxylation sites is 1. The van der Waals surface area contributed by atoms with Crippen LogP contribution in [0.5, 0.6) is 0 Å². The molecule has 0 aliphatic carbocycles. The van der Waals surface area contributed by atoms with E-state index in [0.29, 0.717) is 0 Å². The number of hydrogen-bond donors (Lipinski definition) is 0. The molecule has 0 aliphatic rings. The summed E-state index contributed by atoms with van der Waals surface area (Å²) in [7, 11) is 0. The Hall–Kier alpha value is -6.64. The van der Waals surface area contributed by atoms with Gasteiger partial charge in [-0.15, -0.1) is 0 Å². The molecule has 0 fully saturated rings. The average molecular weight is 640 g/mol. The van der Waals surface area contributed by atoms with E-state index in [9.17, 15) is 0 Å². The van der Waals surface area contributed by atoms with E-state index >= 15 is 0 Å². The highest BCUT2D eigenvalue weighted by atomic mass is 16.3. The molecular weight excluding hydrogens is 607 g/mol. The van der Waals surface area contributed by atoms with Crippen LogP contribution in [0.3, 0.4) is 0 Å². The van der Waals surface area contributed by atoms with E-state index in [2.05, 4.69) is 193 Å². The molecule has 0 N–H and O–H groups in total. The van der Waals surface area contributed by atoms with Gasteiger partial charge in [-0.3, -0.25) is 0 Å². The van der Waals surface area contributed by atoms with Gasteiger partial charge < -0.3 is 9.32 Å². The van der Waals surface area contributed by atoms with Crippen LogP contribution >= 0.6 is 0 Å². The summed E-state index contributed by atoms with van der Waals surface area (Å²) < 4.78 is 6.47. The lowest BCUT2D eigenvalue weighted by Crippen LogP contribution is -2.13. The topological polar surface area (TPSA) is 16.4 Å². The van der Waals surface area contributed by atoms with Gasteiger partial charge in [0, 0.05) is 39.3 Å². The minimum atomic E-state index is 0.859. The molecule has 236 valence electrons. The molecule has 0 unspecified atom stereocenters. The smallest absolute Gasteiger partial charge is 0.137 e. The molecule has 1 aromatic heterocycles. The molecule has 0 amide bonds. The molecule has 50 heavy (non-hydrogen) atoms. The lowest BCUT2D eigenvalue weighted by atomic mass is 9.89. The number of hydrogen-bond acceptors (Lipinski definition) is 2. The number of furan rings is 1. The van der Waals surface area contributed by atoms with Gasteiger partial charge in [-0.1, -0.05) is 152 Å². The molecule has 1 heterocycles. The van der Waals surface area contributed by atoms with Gasteiger partial charge >= 0.3 is 0 Å². The molecule has 9 rings (SSSR count). The zero-order chi connectivity index (χ0) is 33.3. The van der Waals surface area contributed by atoms with Crippen molar-refractivity contribution in [1.29, 1.82) is 0 Å². The zero-order valence-corrected chi connectivity index (χ0v) is 27.4. The molecule has 8 aromatic carbocycles. The van der Waals surface area contributed by atoms with Crippen LogP contribution in [-0.2, 0) is 0 Å². The van der Waals surface area contributed by atoms with E-state index in [-0.39, 0.29) is 0 Å². The van der Waals surface area contributed by atoms with Crippen LogP contribution < -0.4 is 4.90 Å². The monoisotopic (exact) mass is 639 g/mol. The maximum Gasteiger partial charge on any atom is 0.137 e. The Labute approximate surface area is 292 Å². The first-order valence-corrected chi connectivity index (χ1v) is 17.0. The molecule has 0 aliphatic heterocycles. The third-order valence-corrected chi connectivity index (χ3v) is 9.46. The molecule has 0 saturated carbocycles.